The lowest BCUT2D eigenvalue weighted by atomic mass is 10.0. The molecule has 1 amide bonds. The average molecular weight is 491 g/mol. The number of anilines is 1. The normalized spacial score (nSPS) is 12.0. The first-order valence-electron chi connectivity index (χ1n) is 10.7. The zero-order valence-electron chi connectivity index (χ0n) is 18.3. The second-order valence-electron chi connectivity index (χ2n) is 7.84. The summed E-state index contributed by atoms with van der Waals surface area (Å²) in [6.45, 7) is 0. The number of carboxylic acid groups (broad SMARTS) is 1. The van der Waals surface area contributed by atoms with E-state index in [2.05, 4.69) is 5.32 Å². The van der Waals surface area contributed by atoms with Crippen LogP contribution in [0.25, 0.3) is 11.1 Å². The SMILES string of the molecule is O=C(O)c1cc2c(cc1C(=O)Nc1ccccc1C(F)(F)F)=[O+]c1ccccc1-c1ccccc1[O+]=2. The van der Waals surface area contributed by atoms with E-state index in [9.17, 15) is 27.9 Å². The van der Waals surface area contributed by atoms with E-state index in [4.69, 9.17) is 8.85 Å². The van der Waals surface area contributed by atoms with Crippen LogP contribution in [0.4, 0.5) is 18.9 Å². The van der Waals surface area contributed by atoms with Crippen LogP contribution in [0.1, 0.15) is 26.3 Å². The van der Waals surface area contributed by atoms with Crippen LogP contribution >= 0.6 is 0 Å². The zero-order valence-corrected chi connectivity index (χ0v) is 18.3. The van der Waals surface area contributed by atoms with Gasteiger partial charge in [0, 0.05) is 12.1 Å². The maximum atomic E-state index is 13.4. The van der Waals surface area contributed by atoms with Gasteiger partial charge in [-0.05, 0) is 24.3 Å². The summed E-state index contributed by atoms with van der Waals surface area (Å²) in [4.78, 5) is 25.1. The van der Waals surface area contributed by atoms with Gasteiger partial charge in [0.2, 0.25) is 0 Å². The highest BCUT2D eigenvalue weighted by atomic mass is 19.4. The van der Waals surface area contributed by atoms with E-state index in [-0.39, 0.29) is 10.9 Å². The van der Waals surface area contributed by atoms with Crippen LogP contribution < -0.4 is 16.2 Å². The molecule has 0 bridgehead atoms. The first-order chi connectivity index (χ1) is 17.2. The maximum Gasteiger partial charge on any atom is 0.457 e. The largest absolute Gasteiger partial charge is 0.478 e. The number of para-hydroxylation sites is 3. The number of alkyl halides is 3. The Morgan fingerprint density at radius 1 is 0.722 bits per heavy atom. The molecular formula is C27H16F3NO5+2. The molecule has 0 radical (unpaired) electrons. The van der Waals surface area contributed by atoms with Crippen molar-refractivity contribution in [1.82, 2.24) is 0 Å². The van der Waals surface area contributed by atoms with Gasteiger partial charge in [-0.2, -0.15) is 22.0 Å². The minimum atomic E-state index is -4.72. The van der Waals surface area contributed by atoms with Crippen molar-refractivity contribution in [2.45, 2.75) is 6.18 Å². The Bertz CT molecular complexity index is 1660. The minimum absolute atomic E-state index is 0.0243. The summed E-state index contributed by atoms with van der Waals surface area (Å²) >= 11 is 0. The number of aromatic carboxylic acids is 1. The van der Waals surface area contributed by atoms with Gasteiger partial charge in [0.25, 0.3) is 5.91 Å². The van der Waals surface area contributed by atoms with Crippen molar-refractivity contribution >= 4 is 17.6 Å². The molecule has 9 heteroatoms. The number of hydrogen-bond acceptors (Lipinski definition) is 2. The van der Waals surface area contributed by atoms with Gasteiger partial charge in [0.05, 0.1) is 45.6 Å². The molecule has 5 rings (SSSR count). The number of benzene rings is 4. The standard InChI is InChI=1S/C27H14F3NO5/c28-27(29,30)19-9-3-4-10-20(19)31-25(32)17-13-23-24(14-18(17)26(33)34)36-22-12-6-2-8-16(22)15-7-1-5-11-21(15)35-23/h1-14H/p+2. The highest BCUT2D eigenvalue weighted by Gasteiger charge is 2.35. The summed E-state index contributed by atoms with van der Waals surface area (Å²) in [6, 6.07) is 20.9. The van der Waals surface area contributed by atoms with Crippen molar-refractivity contribution in [2.24, 2.45) is 0 Å². The fourth-order valence-corrected chi connectivity index (χ4v) is 3.91. The Hall–Kier alpha value is -4.79. The van der Waals surface area contributed by atoms with Crippen LogP contribution in [0.5, 0.6) is 11.5 Å². The number of carbonyl (C=O) groups excluding carboxylic acids is 1. The van der Waals surface area contributed by atoms with E-state index >= 15 is 0 Å². The van der Waals surface area contributed by atoms with Crippen LogP contribution in [0, 0.1) is 0 Å². The monoisotopic (exact) mass is 491 g/mol. The van der Waals surface area contributed by atoms with Crippen molar-refractivity contribution in [2.75, 3.05) is 5.32 Å². The number of fused-ring (bicyclic) bond motifs is 4. The summed E-state index contributed by atoms with van der Waals surface area (Å²) in [6.07, 6.45) is -4.72. The van der Waals surface area contributed by atoms with Crippen LogP contribution in [0.2, 0.25) is 0 Å². The molecule has 1 heterocycles. The molecule has 1 aliphatic rings. The van der Waals surface area contributed by atoms with Gasteiger partial charge in [0.15, 0.2) is 0 Å². The van der Waals surface area contributed by atoms with Crippen LogP contribution in [-0.4, -0.2) is 17.0 Å². The van der Waals surface area contributed by atoms with Gasteiger partial charge in [-0.25, -0.2) is 4.79 Å². The molecule has 1 aliphatic heterocycles. The number of carbonyl (C=O) groups is 2. The van der Waals surface area contributed by atoms with Gasteiger partial charge < -0.3 is 10.4 Å². The molecule has 178 valence electrons. The van der Waals surface area contributed by atoms with E-state index < -0.39 is 40.4 Å². The van der Waals surface area contributed by atoms with E-state index in [1.807, 2.05) is 24.3 Å². The third-order valence-corrected chi connectivity index (χ3v) is 5.54. The lowest BCUT2D eigenvalue weighted by Gasteiger charge is -2.13. The van der Waals surface area contributed by atoms with Crippen LogP contribution in [0.3, 0.4) is 0 Å². The molecular weight excluding hydrogens is 475 g/mol. The van der Waals surface area contributed by atoms with Gasteiger partial charge in [-0.3, -0.25) is 4.79 Å². The lowest BCUT2D eigenvalue weighted by molar-refractivity contribution is -0.136. The lowest BCUT2D eigenvalue weighted by Crippen LogP contribution is -2.31. The minimum Gasteiger partial charge on any atom is -0.478 e. The predicted molar refractivity (Wildman–Crippen MR) is 127 cm³/mol. The fraction of sp³-hybridized carbons (Fsp3) is 0.0370. The number of amides is 1. The molecule has 0 unspecified atom stereocenters. The summed E-state index contributed by atoms with van der Waals surface area (Å²) < 4.78 is 52.2. The number of halogens is 3. The number of hydrogen-bond donors (Lipinski definition) is 2. The molecule has 2 N–H and O–H groups in total. The fourth-order valence-electron chi connectivity index (χ4n) is 3.91. The molecule has 0 saturated carbocycles. The Morgan fingerprint density at radius 3 is 1.78 bits per heavy atom. The third-order valence-electron chi connectivity index (χ3n) is 5.54. The molecule has 6 nitrogen and oxygen atoms in total. The van der Waals surface area contributed by atoms with Crippen molar-refractivity contribution < 1.29 is 27.9 Å². The van der Waals surface area contributed by atoms with Crippen molar-refractivity contribution in [3.05, 3.63) is 121 Å². The smallest absolute Gasteiger partial charge is 0.457 e. The van der Waals surface area contributed by atoms with Crippen molar-refractivity contribution in [1.29, 1.82) is 0 Å². The topological polar surface area (TPSA) is 89.0 Å². The highest BCUT2D eigenvalue weighted by molar-refractivity contribution is 6.11. The average Bonchev–Trinajstić information content (AvgIpc) is 2.84. The van der Waals surface area contributed by atoms with Crippen LogP contribution in [0.15, 0.2) is 93.8 Å². The van der Waals surface area contributed by atoms with Crippen LogP contribution in [-0.2, 0) is 6.18 Å². The highest BCUT2D eigenvalue weighted by Crippen LogP contribution is 2.39. The van der Waals surface area contributed by atoms with Gasteiger partial charge in [-0.1, -0.05) is 36.4 Å². The molecule has 0 aromatic heterocycles. The van der Waals surface area contributed by atoms with Crippen molar-refractivity contribution in [3.8, 4) is 22.6 Å². The van der Waals surface area contributed by atoms with E-state index in [0.717, 1.165) is 24.3 Å². The third kappa shape index (κ3) is 4.22. The van der Waals surface area contributed by atoms with E-state index in [0.29, 0.717) is 22.6 Å². The molecule has 4 aromatic carbocycles. The number of rotatable bonds is 3. The quantitative estimate of drug-likeness (QED) is 0.251. The molecule has 0 saturated heterocycles. The maximum absolute atomic E-state index is 13.4. The Morgan fingerprint density at radius 2 is 1.22 bits per heavy atom. The first kappa shape index (κ1) is 23.0. The molecule has 4 aromatic rings. The molecule has 0 atom stereocenters. The predicted octanol–water partition coefficient (Wildman–Crippen LogP) is 5.69. The van der Waals surface area contributed by atoms with E-state index in [1.54, 1.807) is 24.3 Å². The molecule has 0 aliphatic carbocycles. The molecule has 0 fully saturated rings. The Balaban J connectivity index is 1.72. The summed E-state index contributed by atoms with van der Waals surface area (Å²) in [5, 5.41) is 12.0. The van der Waals surface area contributed by atoms with E-state index in [1.165, 1.54) is 12.1 Å². The second-order valence-corrected chi connectivity index (χ2v) is 7.84. The Kier molecular flexibility index (Phi) is 5.60. The zero-order chi connectivity index (χ0) is 25.4. The summed E-state index contributed by atoms with van der Waals surface area (Å²) in [7, 11) is 0. The summed E-state index contributed by atoms with van der Waals surface area (Å²) in [5.41, 5.74) is -0.967. The van der Waals surface area contributed by atoms with Gasteiger partial charge >= 0.3 is 34.5 Å². The number of nitrogens with one attached hydrogen (secondary N) is 1. The second kappa shape index (κ2) is 8.77. The first-order valence-corrected chi connectivity index (χ1v) is 10.7. The Labute approximate surface area is 201 Å². The van der Waals surface area contributed by atoms with Crippen molar-refractivity contribution in [3.63, 3.8) is 0 Å². The van der Waals surface area contributed by atoms with Gasteiger partial charge in [0.1, 0.15) is 0 Å². The number of carboxylic acids is 1. The molecule has 0 spiro atoms. The summed E-state index contributed by atoms with van der Waals surface area (Å²) in [5.74, 6) is -1.66. The molecule has 36 heavy (non-hydrogen) atoms. The van der Waals surface area contributed by atoms with Gasteiger partial charge in [-0.15, -0.1) is 0 Å².